The highest BCUT2D eigenvalue weighted by molar-refractivity contribution is 5.71. The standard InChI is InChI=1S/C26H23F3O6/c1-32-21-12-17(13-22(33-2)24(21)31)25-23(14-30)34-19-10-7-16(11-20(19)35-25)4-3-15-5-8-18(9-6-15)26(27,28)29/h3-13,23,25,30-31H,14H2,1-2H3/b4-3+/t23-,25-/m0/s1. The number of aromatic hydroxyl groups is 1. The number of aliphatic hydroxyl groups excluding tert-OH is 1. The second-order valence-electron chi connectivity index (χ2n) is 7.81. The van der Waals surface area contributed by atoms with Gasteiger partial charge in [0.25, 0.3) is 0 Å². The van der Waals surface area contributed by atoms with Crippen molar-refractivity contribution in [3.05, 3.63) is 76.9 Å². The number of hydrogen-bond acceptors (Lipinski definition) is 6. The van der Waals surface area contributed by atoms with E-state index < -0.39 is 23.9 Å². The zero-order valence-corrected chi connectivity index (χ0v) is 18.9. The minimum atomic E-state index is -4.38. The number of methoxy groups -OCH3 is 2. The molecule has 1 aliphatic rings. The molecule has 3 aromatic carbocycles. The van der Waals surface area contributed by atoms with Gasteiger partial charge >= 0.3 is 6.18 Å². The quantitative estimate of drug-likeness (QED) is 0.448. The lowest BCUT2D eigenvalue weighted by atomic mass is 10.0. The molecule has 4 rings (SSSR count). The van der Waals surface area contributed by atoms with Gasteiger partial charge in [0.1, 0.15) is 0 Å². The van der Waals surface area contributed by atoms with Crippen LogP contribution in [0.25, 0.3) is 12.2 Å². The molecule has 6 nitrogen and oxygen atoms in total. The molecule has 0 unspecified atom stereocenters. The Hall–Kier alpha value is -3.85. The average molecular weight is 488 g/mol. The Bertz CT molecular complexity index is 1200. The van der Waals surface area contributed by atoms with E-state index in [0.29, 0.717) is 22.6 Å². The largest absolute Gasteiger partial charge is 0.502 e. The summed E-state index contributed by atoms with van der Waals surface area (Å²) in [5.74, 6) is 1.05. The highest BCUT2D eigenvalue weighted by Crippen LogP contribution is 2.44. The van der Waals surface area contributed by atoms with Crippen LogP contribution in [0.3, 0.4) is 0 Å². The Morgan fingerprint density at radius 2 is 1.46 bits per heavy atom. The second kappa shape index (κ2) is 9.79. The predicted octanol–water partition coefficient (Wildman–Crippen LogP) is 5.47. The first-order valence-corrected chi connectivity index (χ1v) is 10.6. The van der Waals surface area contributed by atoms with E-state index in [1.165, 1.54) is 26.4 Å². The fraction of sp³-hybridized carbons (Fsp3) is 0.231. The van der Waals surface area contributed by atoms with Crippen molar-refractivity contribution < 1.29 is 42.3 Å². The average Bonchev–Trinajstić information content (AvgIpc) is 2.86. The summed E-state index contributed by atoms with van der Waals surface area (Å²) in [5, 5.41) is 20.1. The van der Waals surface area contributed by atoms with Gasteiger partial charge in [-0.05, 0) is 47.5 Å². The SMILES string of the molecule is COc1cc([C@@H]2Oc3cc(/C=C/c4ccc(C(F)(F)F)cc4)ccc3O[C@H]2CO)cc(OC)c1O. The van der Waals surface area contributed by atoms with Gasteiger partial charge in [0.15, 0.2) is 35.2 Å². The van der Waals surface area contributed by atoms with Gasteiger partial charge in [-0.15, -0.1) is 0 Å². The van der Waals surface area contributed by atoms with Crippen molar-refractivity contribution in [1.82, 2.24) is 0 Å². The molecule has 0 amide bonds. The number of phenols is 1. The summed E-state index contributed by atoms with van der Waals surface area (Å²) in [6, 6.07) is 13.2. The summed E-state index contributed by atoms with van der Waals surface area (Å²) >= 11 is 0. The Balaban J connectivity index is 1.60. The predicted molar refractivity (Wildman–Crippen MR) is 123 cm³/mol. The van der Waals surface area contributed by atoms with E-state index in [1.807, 2.05) is 0 Å². The highest BCUT2D eigenvalue weighted by Gasteiger charge is 2.34. The van der Waals surface area contributed by atoms with Crippen LogP contribution in [0.2, 0.25) is 0 Å². The topological polar surface area (TPSA) is 77.4 Å². The molecule has 0 fully saturated rings. The number of fused-ring (bicyclic) bond motifs is 1. The number of halogens is 3. The molecule has 0 aromatic heterocycles. The first-order valence-electron chi connectivity index (χ1n) is 10.6. The van der Waals surface area contributed by atoms with Gasteiger partial charge in [0.2, 0.25) is 5.75 Å². The van der Waals surface area contributed by atoms with Crippen LogP contribution >= 0.6 is 0 Å². The number of ether oxygens (including phenoxy) is 4. The van der Waals surface area contributed by atoms with Gasteiger partial charge in [0, 0.05) is 5.56 Å². The van der Waals surface area contributed by atoms with Crippen molar-refractivity contribution >= 4 is 12.2 Å². The van der Waals surface area contributed by atoms with E-state index in [1.54, 1.807) is 42.5 Å². The molecule has 184 valence electrons. The van der Waals surface area contributed by atoms with Gasteiger partial charge in [-0.1, -0.05) is 30.4 Å². The molecule has 0 saturated carbocycles. The van der Waals surface area contributed by atoms with Gasteiger partial charge in [-0.25, -0.2) is 0 Å². The van der Waals surface area contributed by atoms with Gasteiger partial charge in [-0.2, -0.15) is 13.2 Å². The monoisotopic (exact) mass is 488 g/mol. The van der Waals surface area contributed by atoms with Crippen LogP contribution in [0.1, 0.15) is 28.4 Å². The van der Waals surface area contributed by atoms with Crippen LogP contribution in [0.15, 0.2) is 54.6 Å². The molecule has 9 heteroatoms. The molecule has 0 saturated heterocycles. The number of rotatable bonds is 6. The number of phenolic OH excluding ortho intramolecular Hbond substituents is 1. The van der Waals surface area contributed by atoms with E-state index in [2.05, 4.69) is 0 Å². The third-order valence-corrected chi connectivity index (χ3v) is 5.55. The highest BCUT2D eigenvalue weighted by atomic mass is 19.4. The van der Waals surface area contributed by atoms with E-state index in [9.17, 15) is 23.4 Å². The molecule has 1 heterocycles. The minimum Gasteiger partial charge on any atom is -0.502 e. The smallest absolute Gasteiger partial charge is 0.416 e. The molecule has 0 spiro atoms. The summed E-state index contributed by atoms with van der Waals surface area (Å²) in [4.78, 5) is 0. The summed E-state index contributed by atoms with van der Waals surface area (Å²) in [6.07, 6.45) is -2.41. The molecule has 3 aromatic rings. The number of benzene rings is 3. The van der Waals surface area contributed by atoms with Crippen molar-refractivity contribution in [3.8, 4) is 28.7 Å². The molecule has 2 N–H and O–H groups in total. The lowest BCUT2D eigenvalue weighted by Crippen LogP contribution is -2.36. The molecular formula is C26H23F3O6. The van der Waals surface area contributed by atoms with Crippen molar-refractivity contribution in [2.45, 2.75) is 18.4 Å². The van der Waals surface area contributed by atoms with Gasteiger partial charge in [-0.3, -0.25) is 0 Å². The summed E-state index contributed by atoms with van der Waals surface area (Å²) in [7, 11) is 2.81. The first-order chi connectivity index (χ1) is 16.7. The van der Waals surface area contributed by atoms with Crippen LogP contribution in [-0.2, 0) is 6.18 Å². The normalized spacial score (nSPS) is 17.4. The molecule has 0 radical (unpaired) electrons. The van der Waals surface area contributed by atoms with Gasteiger partial charge in [0.05, 0.1) is 26.4 Å². The maximum absolute atomic E-state index is 12.8. The number of alkyl halides is 3. The molecule has 0 bridgehead atoms. The van der Waals surface area contributed by atoms with Crippen LogP contribution in [0.5, 0.6) is 28.7 Å². The van der Waals surface area contributed by atoms with Crippen LogP contribution in [-0.4, -0.2) is 37.1 Å². The maximum Gasteiger partial charge on any atom is 0.416 e. The Morgan fingerprint density at radius 1 is 0.857 bits per heavy atom. The number of hydrogen-bond donors (Lipinski definition) is 2. The molecule has 2 atom stereocenters. The molecule has 1 aliphatic heterocycles. The van der Waals surface area contributed by atoms with E-state index >= 15 is 0 Å². The summed E-state index contributed by atoms with van der Waals surface area (Å²) in [5.41, 5.74) is 1.19. The summed E-state index contributed by atoms with van der Waals surface area (Å²) in [6.45, 7) is -0.328. The third kappa shape index (κ3) is 5.14. The first kappa shape index (κ1) is 24.3. The second-order valence-corrected chi connectivity index (χ2v) is 7.81. The lowest BCUT2D eigenvalue weighted by Gasteiger charge is -2.33. The molecular weight excluding hydrogens is 465 g/mol. The van der Waals surface area contributed by atoms with Crippen molar-refractivity contribution in [2.75, 3.05) is 20.8 Å². The third-order valence-electron chi connectivity index (χ3n) is 5.55. The minimum absolute atomic E-state index is 0.160. The Kier molecular flexibility index (Phi) is 6.79. The lowest BCUT2D eigenvalue weighted by molar-refractivity contribution is -0.137. The van der Waals surface area contributed by atoms with Gasteiger partial charge < -0.3 is 29.2 Å². The Morgan fingerprint density at radius 3 is 2.03 bits per heavy atom. The zero-order valence-electron chi connectivity index (χ0n) is 18.9. The zero-order chi connectivity index (χ0) is 25.2. The molecule has 35 heavy (non-hydrogen) atoms. The number of aliphatic hydroxyl groups is 1. The van der Waals surface area contributed by atoms with E-state index in [-0.39, 0.29) is 23.9 Å². The summed E-state index contributed by atoms with van der Waals surface area (Å²) < 4.78 is 60.8. The molecule has 0 aliphatic carbocycles. The maximum atomic E-state index is 12.8. The van der Waals surface area contributed by atoms with Crippen molar-refractivity contribution in [3.63, 3.8) is 0 Å². The van der Waals surface area contributed by atoms with Crippen molar-refractivity contribution in [1.29, 1.82) is 0 Å². The van der Waals surface area contributed by atoms with Crippen LogP contribution in [0, 0.1) is 0 Å². The van der Waals surface area contributed by atoms with Crippen LogP contribution < -0.4 is 18.9 Å². The fourth-order valence-electron chi connectivity index (χ4n) is 3.72. The fourth-order valence-corrected chi connectivity index (χ4v) is 3.72. The van der Waals surface area contributed by atoms with E-state index in [4.69, 9.17) is 18.9 Å². The Labute approximate surface area is 199 Å². The van der Waals surface area contributed by atoms with Crippen molar-refractivity contribution in [2.24, 2.45) is 0 Å². The van der Waals surface area contributed by atoms with Crippen LogP contribution in [0.4, 0.5) is 13.2 Å². The van der Waals surface area contributed by atoms with E-state index in [0.717, 1.165) is 17.7 Å².